The molecule has 2 aromatic heterocycles. The minimum Gasteiger partial charge on any atom is -0.456 e. The van der Waals surface area contributed by atoms with Crippen LogP contribution < -0.4 is 10.2 Å². The van der Waals surface area contributed by atoms with Gasteiger partial charge < -0.3 is 4.74 Å². The number of benzene rings is 1. The zero-order valence-electron chi connectivity index (χ0n) is 13.8. The Morgan fingerprint density at radius 2 is 2.08 bits per heavy atom. The summed E-state index contributed by atoms with van der Waals surface area (Å²) in [6, 6.07) is 9.20. The lowest BCUT2D eigenvalue weighted by molar-refractivity contribution is -0.131. The maximum absolute atomic E-state index is 11.8. The van der Waals surface area contributed by atoms with Crippen molar-refractivity contribution in [1.29, 1.82) is 0 Å². The van der Waals surface area contributed by atoms with Crippen LogP contribution in [-0.2, 0) is 16.8 Å². The van der Waals surface area contributed by atoms with Gasteiger partial charge in [0.15, 0.2) is 5.65 Å². The van der Waals surface area contributed by atoms with E-state index < -0.39 is 5.41 Å². The van der Waals surface area contributed by atoms with Gasteiger partial charge in [-0.2, -0.15) is 5.10 Å². The van der Waals surface area contributed by atoms with E-state index in [4.69, 9.17) is 9.94 Å². The SMILES string of the molecule is CCn1ncc2c(Oc3ccc(C4(C(=O)NO)CC4)cc3)ccnc21. The summed E-state index contributed by atoms with van der Waals surface area (Å²) >= 11 is 0. The minimum absolute atomic E-state index is 0.357. The number of rotatable bonds is 5. The van der Waals surface area contributed by atoms with Gasteiger partial charge in [0.1, 0.15) is 11.5 Å². The second kappa shape index (κ2) is 5.86. The number of ether oxygens (including phenoxy) is 1. The van der Waals surface area contributed by atoms with E-state index in [2.05, 4.69) is 10.1 Å². The van der Waals surface area contributed by atoms with Crippen LogP contribution >= 0.6 is 0 Å². The van der Waals surface area contributed by atoms with Gasteiger partial charge in [-0.25, -0.2) is 15.1 Å². The van der Waals surface area contributed by atoms with Crippen LogP contribution in [0.3, 0.4) is 0 Å². The number of hydrogen-bond acceptors (Lipinski definition) is 5. The van der Waals surface area contributed by atoms with Gasteiger partial charge in [-0.15, -0.1) is 0 Å². The Labute approximate surface area is 144 Å². The zero-order valence-corrected chi connectivity index (χ0v) is 13.8. The topological polar surface area (TPSA) is 89.3 Å². The van der Waals surface area contributed by atoms with Crippen molar-refractivity contribution in [2.45, 2.75) is 31.7 Å². The molecule has 1 aliphatic rings. The van der Waals surface area contributed by atoms with E-state index in [1.165, 1.54) is 0 Å². The Kier molecular flexibility index (Phi) is 3.65. The van der Waals surface area contributed by atoms with Crippen LogP contribution in [-0.4, -0.2) is 25.9 Å². The molecule has 7 heteroatoms. The van der Waals surface area contributed by atoms with E-state index in [1.807, 2.05) is 35.9 Å². The van der Waals surface area contributed by atoms with E-state index in [0.29, 0.717) is 11.5 Å². The monoisotopic (exact) mass is 338 g/mol. The van der Waals surface area contributed by atoms with Crippen LogP contribution in [0.5, 0.6) is 11.5 Å². The summed E-state index contributed by atoms with van der Waals surface area (Å²) in [7, 11) is 0. The van der Waals surface area contributed by atoms with Crippen LogP contribution in [0.4, 0.5) is 0 Å². The molecule has 4 rings (SSSR count). The second-order valence-corrected chi connectivity index (χ2v) is 6.16. The van der Waals surface area contributed by atoms with Gasteiger partial charge in [-0.1, -0.05) is 12.1 Å². The van der Waals surface area contributed by atoms with Crippen LogP contribution in [0.2, 0.25) is 0 Å². The molecule has 1 aliphatic carbocycles. The van der Waals surface area contributed by atoms with E-state index in [1.54, 1.807) is 23.9 Å². The number of hydrogen-bond donors (Lipinski definition) is 2. The average Bonchev–Trinajstić information content (AvgIpc) is 3.35. The molecule has 0 saturated heterocycles. The van der Waals surface area contributed by atoms with Crippen LogP contribution in [0.15, 0.2) is 42.7 Å². The van der Waals surface area contributed by atoms with E-state index >= 15 is 0 Å². The van der Waals surface area contributed by atoms with Crippen LogP contribution in [0.1, 0.15) is 25.3 Å². The highest BCUT2D eigenvalue weighted by Gasteiger charge is 2.51. The smallest absolute Gasteiger partial charge is 0.253 e. The predicted molar refractivity (Wildman–Crippen MR) is 90.6 cm³/mol. The molecule has 0 atom stereocenters. The molecular formula is C18H18N4O3. The Balaban J connectivity index is 1.60. The van der Waals surface area contributed by atoms with Gasteiger partial charge in [0, 0.05) is 12.7 Å². The fourth-order valence-electron chi connectivity index (χ4n) is 3.12. The number of fused-ring (bicyclic) bond motifs is 1. The third kappa shape index (κ3) is 2.53. The first-order valence-electron chi connectivity index (χ1n) is 8.21. The summed E-state index contributed by atoms with van der Waals surface area (Å²) in [6.45, 7) is 2.75. The number of nitrogens with zero attached hydrogens (tertiary/aromatic N) is 3. The highest BCUT2D eigenvalue weighted by atomic mass is 16.5. The molecule has 0 unspecified atom stereocenters. The fraction of sp³-hybridized carbons (Fsp3) is 0.278. The van der Waals surface area contributed by atoms with Crippen molar-refractivity contribution in [1.82, 2.24) is 20.2 Å². The van der Waals surface area contributed by atoms with Crippen molar-refractivity contribution in [3.63, 3.8) is 0 Å². The molecule has 7 nitrogen and oxygen atoms in total. The molecular weight excluding hydrogens is 320 g/mol. The molecule has 1 saturated carbocycles. The number of hydroxylamine groups is 1. The van der Waals surface area contributed by atoms with Crippen molar-refractivity contribution < 1.29 is 14.7 Å². The number of nitrogens with one attached hydrogen (secondary N) is 1. The highest BCUT2D eigenvalue weighted by molar-refractivity contribution is 5.90. The lowest BCUT2D eigenvalue weighted by atomic mass is 9.95. The summed E-state index contributed by atoms with van der Waals surface area (Å²) in [4.78, 5) is 16.2. The molecule has 2 heterocycles. The van der Waals surface area contributed by atoms with Gasteiger partial charge in [0.2, 0.25) is 0 Å². The molecule has 3 aromatic rings. The lowest BCUT2D eigenvalue weighted by Crippen LogP contribution is -2.32. The van der Waals surface area contributed by atoms with Crippen molar-refractivity contribution in [2.75, 3.05) is 0 Å². The largest absolute Gasteiger partial charge is 0.456 e. The summed E-state index contributed by atoms with van der Waals surface area (Å²) in [5.74, 6) is 0.997. The Morgan fingerprint density at radius 1 is 1.32 bits per heavy atom. The molecule has 0 bridgehead atoms. The third-order valence-corrected chi connectivity index (χ3v) is 4.72. The van der Waals surface area contributed by atoms with Gasteiger partial charge in [-0.3, -0.25) is 10.0 Å². The van der Waals surface area contributed by atoms with Crippen molar-refractivity contribution in [3.05, 3.63) is 48.3 Å². The van der Waals surface area contributed by atoms with Gasteiger partial charge in [0.25, 0.3) is 5.91 Å². The summed E-state index contributed by atoms with van der Waals surface area (Å²) in [5.41, 5.74) is 2.83. The van der Waals surface area contributed by atoms with E-state index in [0.717, 1.165) is 36.0 Å². The first-order valence-corrected chi connectivity index (χ1v) is 8.21. The molecule has 2 N–H and O–H groups in total. The Bertz CT molecular complexity index is 929. The van der Waals surface area contributed by atoms with E-state index in [-0.39, 0.29) is 5.91 Å². The summed E-state index contributed by atoms with van der Waals surface area (Å²) in [5, 5.41) is 14.1. The Hall–Kier alpha value is -2.93. The van der Waals surface area contributed by atoms with Crippen LogP contribution in [0.25, 0.3) is 11.0 Å². The molecule has 1 amide bonds. The number of aromatic nitrogens is 3. The van der Waals surface area contributed by atoms with Crippen LogP contribution in [0, 0.1) is 0 Å². The quantitative estimate of drug-likeness (QED) is 0.551. The third-order valence-electron chi connectivity index (χ3n) is 4.72. The van der Waals surface area contributed by atoms with Crippen molar-refractivity contribution >= 4 is 16.9 Å². The maximum Gasteiger partial charge on any atom is 0.253 e. The molecule has 1 fully saturated rings. The van der Waals surface area contributed by atoms with Gasteiger partial charge in [0.05, 0.1) is 17.0 Å². The van der Waals surface area contributed by atoms with Gasteiger partial charge >= 0.3 is 0 Å². The summed E-state index contributed by atoms with van der Waals surface area (Å²) < 4.78 is 7.80. The fourth-order valence-corrected chi connectivity index (χ4v) is 3.12. The number of amides is 1. The zero-order chi connectivity index (χ0) is 17.4. The number of aryl methyl sites for hydroxylation is 1. The normalized spacial score (nSPS) is 15.1. The number of carbonyl (C=O) groups is 1. The Morgan fingerprint density at radius 3 is 2.72 bits per heavy atom. The first kappa shape index (κ1) is 15.6. The standard InChI is InChI=1S/C18H18N4O3/c1-2-22-16-14(11-20-22)15(7-10-19-16)25-13-5-3-12(4-6-13)18(8-9-18)17(23)21-24/h3-7,10-11,24H,2,8-9H2,1H3,(H,21,23). The summed E-state index contributed by atoms with van der Waals surface area (Å²) in [6.07, 6.45) is 4.92. The lowest BCUT2D eigenvalue weighted by Gasteiger charge is -2.14. The molecule has 25 heavy (non-hydrogen) atoms. The predicted octanol–water partition coefficient (Wildman–Crippen LogP) is 2.78. The van der Waals surface area contributed by atoms with E-state index in [9.17, 15) is 4.79 Å². The average molecular weight is 338 g/mol. The molecule has 0 radical (unpaired) electrons. The highest BCUT2D eigenvalue weighted by Crippen LogP contribution is 2.48. The van der Waals surface area contributed by atoms with Crippen molar-refractivity contribution in [3.8, 4) is 11.5 Å². The first-order chi connectivity index (χ1) is 12.2. The number of carbonyl (C=O) groups excluding carboxylic acids is 1. The second-order valence-electron chi connectivity index (χ2n) is 6.16. The molecule has 1 aromatic carbocycles. The minimum atomic E-state index is -0.598. The molecule has 0 aliphatic heterocycles. The van der Waals surface area contributed by atoms with Crippen molar-refractivity contribution in [2.24, 2.45) is 0 Å². The maximum atomic E-state index is 11.8. The molecule has 128 valence electrons. The molecule has 0 spiro atoms. The number of pyridine rings is 1. The van der Waals surface area contributed by atoms with Gasteiger partial charge in [-0.05, 0) is 43.5 Å².